The van der Waals surface area contributed by atoms with E-state index in [0.717, 1.165) is 11.1 Å². The lowest BCUT2D eigenvalue weighted by atomic mass is 9.83. The first-order chi connectivity index (χ1) is 18.4. The monoisotopic (exact) mass is 506 g/mol. The maximum Gasteiger partial charge on any atom is 0.343 e. The third-order valence-corrected chi connectivity index (χ3v) is 6.22. The molecule has 2 N–H and O–H groups in total. The zero-order valence-corrected chi connectivity index (χ0v) is 20.5. The van der Waals surface area contributed by atoms with Crippen LogP contribution in [0.1, 0.15) is 38.5 Å². The lowest BCUT2D eigenvalue weighted by molar-refractivity contribution is 0.0734. The van der Waals surface area contributed by atoms with Crippen molar-refractivity contribution in [2.24, 2.45) is 5.73 Å². The van der Waals surface area contributed by atoms with E-state index in [1.165, 1.54) is 6.07 Å². The Balaban J connectivity index is 1.38. The molecule has 0 radical (unpaired) electrons. The van der Waals surface area contributed by atoms with E-state index in [1.807, 2.05) is 25.1 Å². The van der Waals surface area contributed by atoms with Gasteiger partial charge in [0.1, 0.15) is 41.3 Å². The Morgan fingerprint density at radius 2 is 1.76 bits per heavy atom. The zero-order chi connectivity index (χ0) is 26.6. The molecule has 0 aliphatic carbocycles. The van der Waals surface area contributed by atoms with Gasteiger partial charge in [-0.1, -0.05) is 54.1 Å². The number of nitriles is 1. The number of halogens is 1. The Morgan fingerprint density at radius 1 is 1.00 bits per heavy atom. The number of aryl methyl sites for hydroxylation is 1. The van der Waals surface area contributed by atoms with E-state index in [4.69, 9.17) is 19.9 Å². The van der Waals surface area contributed by atoms with Gasteiger partial charge >= 0.3 is 5.97 Å². The van der Waals surface area contributed by atoms with Gasteiger partial charge in [0.15, 0.2) is 0 Å². The molecule has 38 heavy (non-hydrogen) atoms. The van der Waals surface area contributed by atoms with Crippen LogP contribution in [0.3, 0.4) is 0 Å². The Morgan fingerprint density at radius 3 is 2.50 bits per heavy atom. The zero-order valence-electron chi connectivity index (χ0n) is 20.5. The third-order valence-electron chi connectivity index (χ3n) is 6.22. The predicted molar refractivity (Wildman–Crippen MR) is 139 cm³/mol. The lowest BCUT2D eigenvalue weighted by Gasteiger charge is -2.26. The number of hydrogen-bond donors (Lipinski definition) is 1. The molecule has 188 valence electrons. The van der Waals surface area contributed by atoms with Gasteiger partial charge in [-0.25, -0.2) is 9.18 Å². The van der Waals surface area contributed by atoms with Crippen LogP contribution in [0.5, 0.6) is 17.2 Å². The fourth-order valence-corrected chi connectivity index (χ4v) is 4.31. The molecular formula is C31H23FN2O4. The van der Waals surface area contributed by atoms with Crippen molar-refractivity contribution in [3.8, 4) is 23.3 Å². The molecule has 4 aromatic carbocycles. The van der Waals surface area contributed by atoms with Gasteiger partial charge in [0.05, 0.1) is 11.5 Å². The summed E-state index contributed by atoms with van der Waals surface area (Å²) in [6.45, 7) is 1.99. The average molecular weight is 507 g/mol. The first kappa shape index (κ1) is 24.6. The number of benzene rings is 4. The molecule has 0 bridgehead atoms. The average Bonchev–Trinajstić information content (AvgIpc) is 2.92. The second kappa shape index (κ2) is 10.5. The minimum absolute atomic E-state index is 0.0213. The summed E-state index contributed by atoms with van der Waals surface area (Å²) in [6.07, 6.45) is 0. The van der Waals surface area contributed by atoms with E-state index < -0.39 is 11.9 Å². The predicted octanol–water partition coefficient (Wildman–Crippen LogP) is 6.15. The van der Waals surface area contributed by atoms with Crippen molar-refractivity contribution in [3.05, 3.63) is 136 Å². The highest BCUT2D eigenvalue weighted by Gasteiger charge is 2.31. The van der Waals surface area contributed by atoms with E-state index in [0.29, 0.717) is 33.9 Å². The Bertz CT molecular complexity index is 1590. The van der Waals surface area contributed by atoms with Crippen LogP contribution in [0.25, 0.3) is 0 Å². The third kappa shape index (κ3) is 5.06. The first-order valence-electron chi connectivity index (χ1n) is 11.9. The fourth-order valence-electron chi connectivity index (χ4n) is 4.31. The van der Waals surface area contributed by atoms with Crippen LogP contribution >= 0.6 is 0 Å². The standard InChI is InChI=1S/C31H23FN2O4/c1-19-5-4-7-21(15-19)31(35)37-24-13-14-25-28(16-24)38-30(34)26(17-33)29(25)20-9-11-23(12-10-20)36-18-22-6-2-3-8-27(22)32/h2-16,29H,18,34H2,1H3. The molecule has 1 heterocycles. The van der Waals surface area contributed by atoms with Crippen molar-refractivity contribution >= 4 is 5.97 Å². The smallest absolute Gasteiger partial charge is 0.343 e. The van der Waals surface area contributed by atoms with Crippen molar-refractivity contribution in [3.63, 3.8) is 0 Å². The highest BCUT2D eigenvalue weighted by Crippen LogP contribution is 2.43. The largest absolute Gasteiger partial charge is 0.489 e. The quantitative estimate of drug-likeness (QED) is 0.249. The number of rotatable bonds is 6. The molecule has 0 saturated heterocycles. The van der Waals surface area contributed by atoms with E-state index in [-0.39, 0.29) is 23.9 Å². The number of nitrogens with two attached hydrogens (primary N) is 1. The topological polar surface area (TPSA) is 94.6 Å². The van der Waals surface area contributed by atoms with Crippen molar-refractivity contribution < 1.29 is 23.4 Å². The van der Waals surface area contributed by atoms with Gasteiger partial charge in [0.2, 0.25) is 5.88 Å². The maximum absolute atomic E-state index is 13.9. The second-order valence-electron chi connectivity index (χ2n) is 8.83. The normalized spacial score (nSPS) is 14.2. The molecule has 1 unspecified atom stereocenters. The Labute approximate surface area is 219 Å². The van der Waals surface area contributed by atoms with Crippen LogP contribution in [0, 0.1) is 24.1 Å². The molecule has 0 fully saturated rings. The second-order valence-corrected chi connectivity index (χ2v) is 8.83. The van der Waals surface area contributed by atoms with Gasteiger partial charge < -0.3 is 19.9 Å². The molecular weight excluding hydrogens is 483 g/mol. The Hall–Kier alpha value is -5.09. The number of carbonyl (C=O) groups excluding carboxylic acids is 1. The number of allylic oxidation sites excluding steroid dienone is 1. The van der Waals surface area contributed by atoms with Crippen molar-refractivity contribution in [2.45, 2.75) is 19.4 Å². The Kier molecular flexibility index (Phi) is 6.79. The van der Waals surface area contributed by atoms with Crippen LogP contribution in [0.15, 0.2) is 102 Å². The van der Waals surface area contributed by atoms with Gasteiger partial charge in [-0.2, -0.15) is 5.26 Å². The number of carbonyl (C=O) groups is 1. The van der Waals surface area contributed by atoms with Gasteiger partial charge in [-0.05, 0) is 48.9 Å². The van der Waals surface area contributed by atoms with E-state index in [2.05, 4.69) is 6.07 Å². The lowest BCUT2D eigenvalue weighted by Crippen LogP contribution is -2.21. The molecule has 7 heteroatoms. The highest BCUT2D eigenvalue weighted by molar-refractivity contribution is 5.91. The van der Waals surface area contributed by atoms with E-state index in [9.17, 15) is 14.4 Å². The number of nitrogens with zero attached hydrogens (tertiary/aromatic N) is 1. The summed E-state index contributed by atoms with van der Waals surface area (Å²) in [4.78, 5) is 12.6. The first-order valence-corrected chi connectivity index (χ1v) is 11.9. The number of fused-ring (bicyclic) bond motifs is 1. The molecule has 1 aliphatic rings. The molecule has 0 saturated carbocycles. The summed E-state index contributed by atoms with van der Waals surface area (Å²) >= 11 is 0. The molecule has 6 nitrogen and oxygen atoms in total. The summed E-state index contributed by atoms with van der Waals surface area (Å²) in [5, 5.41) is 9.83. The number of hydrogen-bond acceptors (Lipinski definition) is 6. The molecule has 4 aromatic rings. The minimum Gasteiger partial charge on any atom is -0.489 e. The van der Waals surface area contributed by atoms with Crippen molar-refractivity contribution in [1.82, 2.24) is 0 Å². The summed E-state index contributed by atoms with van der Waals surface area (Å²) in [5.41, 5.74) is 9.70. The molecule has 5 rings (SSSR count). The summed E-state index contributed by atoms with van der Waals surface area (Å²) in [7, 11) is 0. The van der Waals surface area contributed by atoms with Gasteiger partial charge in [-0.15, -0.1) is 0 Å². The molecule has 0 amide bonds. The van der Waals surface area contributed by atoms with Crippen LogP contribution < -0.4 is 19.9 Å². The SMILES string of the molecule is Cc1cccc(C(=O)Oc2ccc3c(c2)OC(N)=C(C#N)C3c2ccc(OCc3ccccc3F)cc2)c1. The van der Waals surface area contributed by atoms with Gasteiger partial charge in [0, 0.05) is 17.2 Å². The minimum atomic E-state index is -0.495. The summed E-state index contributed by atoms with van der Waals surface area (Å²) < 4.78 is 30.9. The van der Waals surface area contributed by atoms with E-state index in [1.54, 1.807) is 66.7 Å². The maximum atomic E-state index is 13.9. The van der Waals surface area contributed by atoms with Crippen molar-refractivity contribution in [1.29, 1.82) is 5.26 Å². The number of esters is 1. The van der Waals surface area contributed by atoms with Crippen molar-refractivity contribution in [2.75, 3.05) is 0 Å². The van der Waals surface area contributed by atoms with Crippen LogP contribution in [0.2, 0.25) is 0 Å². The molecule has 0 aromatic heterocycles. The summed E-state index contributed by atoms with van der Waals surface area (Å²) in [5.74, 6) is -0.101. The summed E-state index contributed by atoms with van der Waals surface area (Å²) in [6, 6.07) is 27.9. The van der Waals surface area contributed by atoms with E-state index >= 15 is 0 Å². The fraction of sp³-hybridized carbons (Fsp3) is 0.0968. The van der Waals surface area contributed by atoms with Gasteiger partial charge in [0.25, 0.3) is 0 Å². The number of ether oxygens (including phenoxy) is 3. The molecule has 0 spiro atoms. The molecule has 1 atom stereocenters. The highest BCUT2D eigenvalue weighted by atomic mass is 19.1. The molecule has 1 aliphatic heterocycles. The van der Waals surface area contributed by atoms with Crippen LogP contribution in [-0.2, 0) is 6.61 Å². The van der Waals surface area contributed by atoms with Crippen LogP contribution in [0.4, 0.5) is 4.39 Å². The van der Waals surface area contributed by atoms with Gasteiger partial charge in [-0.3, -0.25) is 0 Å². The van der Waals surface area contributed by atoms with Crippen LogP contribution in [-0.4, -0.2) is 5.97 Å².